The molecule has 1 aromatic carbocycles. The maximum absolute atomic E-state index is 12.3. The molecule has 1 rings (SSSR count). The number of rotatable bonds is 8. The summed E-state index contributed by atoms with van der Waals surface area (Å²) in [7, 11) is -3.46. The number of hydrogen-bond acceptors (Lipinski definition) is 5. The van der Waals surface area contributed by atoms with E-state index in [9.17, 15) is 13.2 Å². The lowest BCUT2D eigenvalue weighted by molar-refractivity contribution is 0.0245. The van der Waals surface area contributed by atoms with Gasteiger partial charge in [-0.05, 0) is 39.2 Å². The highest BCUT2D eigenvalue weighted by molar-refractivity contribution is 7.85. The summed E-state index contributed by atoms with van der Waals surface area (Å²) in [5.74, 6) is 0. The van der Waals surface area contributed by atoms with E-state index in [1.165, 1.54) is 0 Å². The summed E-state index contributed by atoms with van der Waals surface area (Å²) in [6, 6.07) is 9.85. The first-order valence-electron chi connectivity index (χ1n) is 7.93. The predicted molar refractivity (Wildman–Crippen MR) is 93.4 cm³/mol. The molecule has 0 unspecified atom stereocenters. The fourth-order valence-corrected chi connectivity index (χ4v) is 2.42. The molecule has 24 heavy (non-hydrogen) atoms. The highest BCUT2D eigenvalue weighted by Gasteiger charge is 2.21. The quantitative estimate of drug-likeness (QED) is 0.528. The topological polar surface area (TPSA) is 72.9 Å². The van der Waals surface area contributed by atoms with Crippen LogP contribution in [0.25, 0.3) is 0 Å². The molecule has 7 heteroatoms. The first kappa shape index (κ1) is 20.4. The van der Waals surface area contributed by atoms with Crippen molar-refractivity contribution in [1.82, 2.24) is 4.90 Å². The Morgan fingerprint density at radius 3 is 2.29 bits per heavy atom. The normalized spacial score (nSPS) is 12.0. The molecular weight excluding hydrogens is 330 g/mol. The van der Waals surface area contributed by atoms with Crippen LogP contribution in [0.5, 0.6) is 0 Å². The Morgan fingerprint density at radius 2 is 1.75 bits per heavy atom. The monoisotopic (exact) mass is 357 g/mol. The molecule has 0 heterocycles. The Morgan fingerprint density at radius 1 is 1.12 bits per heavy atom. The zero-order valence-corrected chi connectivity index (χ0v) is 15.6. The molecule has 136 valence electrons. The lowest BCUT2D eigenvalue weighted by atomic mass is 10.1. The standard InChI is InChI=1S/C17H27NO5S/c1-17(2,3)23-16(19)18(12-8-14-22-24(4,20)21)13-11-15-9-6-5-7-10-15/h5-7,9-10H,8,11-14H2,1-4H3. The average Bonchev–Trinajstić information content (AvgIpc) is 2.44. The molecular formula is C17H27NO5S. The molecule has 0 bridgehead atoms. The summed E-state index contributed by atoms with van der Waals surface area (Å²) in [6.07, 6.45) is 1.72. The van der Waals surface area contributed by atoms with Crippen LogP contribution in [0.15, 0.2) is 30.3 Å². The van der Waals surface area contributed by atoms with Gasteiger partial charge in [-0.3, -0.25) is 4.18 Å². The second-order valence-electron chi connectivity index (χ2n) is 6.58. The van der Waals surface area contributed by atoms with Crippen molar-refractivity contribution < 1.29 is 22.1 Å². The van der Waals surface area contributed by atoms with E-state index in [-0.39, 0.29) is 6.61 Å². The minimum atomic E-state index is -3.46. The third-order valence-electron chi connectivity index (χ3n) is 3.03. The summed E-state index contributed by atoms with van der Waals surface area (Å²) in [6.45, 7) is 6.35. The van der Waals surface area contributed by atoms with Gasteiger partial charge in [0.05, 0.1) is 12.9 Å². The first-order chi connectivity index (χ1) is 11.1. The van der Waals surface area contributed by atoms with Gasteiger partial charge in [-0.1, -0.05) is 30.3 Å². The van der Waals surface area contributed by atoms with E-state index >= 15 is 0 Å². The Balaban J connectivity index is 2.59. The summed E-state index contributed by atoms with van der Waals surface area (Å²) in [5.41, 5.74) is 0.546. The van der Waals surface area contributed by atoms with Crippen LogP contribution in [0.1, 0.15) is 32.8 Å². The van der Waals surface area contributed by atoms with Crippen LogP contribution < -0.4 is 0 Å². The lowest BCUT2D eigenvalue weighted by Crippen LogP contribution is -2.39. The van der Waals surface area contributed by atoms with Crippen molar-refractivity contribution in [2.75, 3.05) is 26.0 Å². The van der Waals surface area contributed by atoms with Gasteiger partial charge in [0.1, 0.15) is 5.60 Å². The zero-order chi connectivity index (χ0) is 18.2. The zero-order valence-electron chi connectivity index (χ0n) is 14.8. The minimum absolute atomic E-state index is 0.0451. The van der Waals surface area contributed by atoms with Gasteiger partial charge in [0.25, 0.3) is 10.1 Å². The molecule has 0 saturated carbocycles. The van der Waals surface area contributed by atoms with Crippen LogP contribution in [-0.2, 0) is 25.5 Å². The van der Waals surface area contributed by atoms with Crippen molar-refractivity contribution in [2.45, 2.75) is 39.2 Å². The number of ether oxygens (including phenoxy) is 1. The third kappa shape index (κ3) is 9.52. The number of carbonyl (C=O) groups is 1. The van der Waals surface area contributed by atoms with Crippen molar-refractivity contribution in [2.24, 2.45) is 0 Å². The molecule has 0 spiro atoms. The van der Waals surface area contributed by atoms with Gasteiger partial charge in [0, 0.05) is 13.1 Å². The number of hydrogen-bond donors (Lipinski definition) is 0. The Labute approximate surface area is 144 Å². The second kappa shape index (κ2) is 9.03. The van der Waals surface area contributed by atoms with Gasteiger partial charge in [-0.25, -0.2) is 4.79 Å². The summed E-state index contributed by atoms with van der Waals surface area (Å²) < 4.78 is 32.1. The van der Waals surface area contributed by atoms with E-state index in [1.807, 2.05) is 51.1 Å². The minimum Gasteiger partial charge on any atom is -0.444 e. The Hall–Kier alpha value is -1.60. The van der Waals surface area contributed by atoms with E-state index in [4.69, 9.17) is 8.92 Å². The van der Waals surface area contributed by atoms with Crippen LogP contribution in [0.3, 0.4) is 0 Å². The SMILES string of the molecule is CC(C)(C)OC(=O)N(CCCOS(C)(=O)=O)CCc1ccccc1. The van der Waals surface area contributed by atoms with E-state index in [1.54, 1.807) is 4.90 Å². The molecule has 0 aliphatic carbocycles. The Kier molecular flexibility index (Phi) is 7.69. The van der Waals surface area contributed by atoms with Crippen LogP contribution in [0.2, 0.25) is 0 Å². The maximum atomic E-state index is 12.3. The number of amides is 1. The van der Waals surface area contributed by atoms with Crippen LogP contribution in [-0.4, -0.2) is 51.0 Å². The molecule has 0 saturated heterocycles. The summed E-state index contributed by atoms with van der Waals surface area (Å²) in [4.78, 5) is 13.9. The van der Waals surface area contributed by atoms with E-state index in [0.717, 1.165) is 11.8 Å². The molecule has 1 aromatic rings. The van der Waals surface area contributed by atoms with Crippen LogP contribution >= 0.6 is 0 Å². The number of carbonyl (C=O) groups excluding carboxylic acids is 1. The largest absolute Gasteiger partial charge is 0.444 e. The van der Waals surface area contributed by atoms with Crippen LogP contribution in [0.4, 0.5) is 4.79 Å². The van der Waals surface area contributed by atoms with Crippen molar-refractivity contribution in [3.05, 3.63) is 35.9 Å². The third-order valence-corrected chi connectivity index (χ3v) is 3.63. The summed E-state index contributed by atoms with van der Waals surface area (Å²) in [5, 5.41) is 0. The van der Waals surface area contributed by atoms with Crippen LogP contribution in [0, 0.1) is 0 Å². The molecule has 0 radical (unpaired) electrons. The molecule has 6 nitrogen and oxygen atoms in total. The van der Waals surface area contributed by atoms with Crippen molar-refractivity contribution in [3.8, 4) is 0 Å². The first-order valence-corrected chi connectivity index (χ1v) is 9.75. The molecule has 0 N–H and O–H groups in total. The van der Waals surface area contributed by atoms with Crippen molar-refractivity contribution in [3.63, 3.8) is 0 Å². The predicted octanol–water partition coefficient (Wildman–Crippen LogP) is 2.83. The van der Waals surface area contributed by atoms with Gasteiger partial charge < -0.3 is 9.64 Å². The van der Waals surface area contributed by atoms with Crippen molar-refractivity contribution in [1.29, 1.82) is 0 Å². The Bertz CT molecular complexity index is 608. The average molecular weight is 357 g/mol. The van der Waals surface area contributed by atoms with Crippen molar-refractivity contribution >= 4 is 16.2 Å². The second-order valence-corrected chi connectivity index (χ2v) is 8.23. The fraction of sp³-hybridized carbons (Fsp3) is 0.588. The molecule has 0 fully saturated rings. The summed E-state index contributed by atoms with van der Waals surface area (Å²) >= 11 is 0. The van der Waals surface area contributed by atoms with Gasteiger partial charge in [-0.15, -0.1) is 0 Å². The number of nitrogens with zero attached hydrogens (tertiary/aromatic N) is 1. The molecule has 0 atom stereocenters. The van der Waals surface area contributed by atoms with Gasteiger partial charge in [0.2, 0.25) is 0 Å². The fourth-order valence-electron chi connectivity index (χ4n) is 2.00. The van der Waals surface area contributed by atoms with Gasteiger partial charge in [-0.2, -0.15) is 8.42 Å². The number of benzene rings is 1. The maximum Gasteiger partial charge on any atom is 0.410 e. The van der Waals surface area contributed by atoms with Gasteiger partial charge in [0.15, 0.2) is 0 Å². The smallest absolute Gasteiger partial charge is 0.410 e. The van der Waals surface area contributed by atoms with E-state index in [0.29, 0.717) is 25.9 Å². The highest BCUT2D eigenvalue weighted by Crippen LogP contribution is 2.11. The molecule has 0 aliphatic heterocycles. The van der Waals surface area contributed by atoms with E-state index in [2.05, 4.69) is 0 Å². The van der Waals surface area contributed by atoms with Gasteiger partial charge >= 0.3 is 6.09 Å². The molecule has 0 aromatic heterocycles. The molecule has 1 amide bonds. The lowest BCUT2D eigenvalue weighted by Gasteiger charge is -2.27. The van der Waals surface area contributed by atoms with E-state index < -0.39 is 21.8 Å². The highest BCUT2D eigenvalue weighted by atomic mass is 32.2. The molecule has 0 aliphatic rings.